The molecule has 1 aliphatic rings. The van der Waals surface area contributed by atoms with Gasteiger partial charge >= 0.3 is 0 Å². The summed E-state index contributed by atoms with van der Waals surface area (Å²) in [6.45, 7) is 7.65. The molecule has 0 amide bonds. The zero-order valence-electron chi connectivity index (χ0n) is 13.8. The number of ether oxygens (including phenoxy) is 1. The van der Waals surface area contributed by atoms with Crippen LogP contribution in [0.1, 0.15) is 25.8 Å². The Hall–Kier alpha value is -1.92. The third-order valence-electron chi connectivity index (χ3n) is 4.15. The number of fused-ring (bicyclic) bond motifs is 1. The van der Waals surface area contributed by atoms with Crippen LogP contribution in [-0.4, -0.2) is 41.3 Å². The zero-order chi connectivity index (χ0) is 16.4. The molecule has 23 heavy (non-hydrogen) atoms. The minimum atomic E-state index is -0.0751. The summed E-state index contributed by atoms with van der Waals surface area (Å²) >= 11 is 0. The summed E-state index contributed by atoms with van der Waals surface area (Å²) in [4.78, 5) is 19.3. The molecule has 3 heterocycles. The summed E-state index contributed by atoms with van der Waals surface area (Å²) < 4.78 is 6.01. The van der Waals surface area contributed by atoms with Crippen LogP contribution in [0.15, 0.2) is 23.1 Å². The standard InChI is InChI=1S/C17H24N4O2/c1-10(2)23-14-9-18-6-5-13(14)20-16-15-12(4-7-19-16)8-11(3)17(22)21-15/h4,7-8,10,13-14,18H,5-6,9H2,1-3H3,(H,19,20)(H,21,22)/t13-,14-/m1/s1. The van der Waals surface area contributed by atoms with E-state index in [9.17, 15) is 4.79 Å². The third kappa shape index (κ3) is 3.54. The maximum absolute atomic E-state index is 11.9. The van der Waals surface area contributed by atoms with Gasteiger partial charge in [0.05, 0.1) is 23.8 Å². The molecule has 2 aromatic rings. The molecule has 1 aliphatic heterocycles. The molecule has 3 rings (SSSR count). The van der Waals surface area contributed by atoms with E-state index in [1.54, 1.807) is 6.20 Å². The van der Waals surface area contributed by atoms with Gasteiger partial charge in [-0.15, -0.1) is 0 Å². The number of pyridine rings is 2. The van der Waals surface area contributed by atoms with Crippen molar-refractivity contribution in [3.05, 3.63) is 34.2 Å². The lowest BCUT2D eigenvalue weighted by Gasteiger charge is -2.34. The molecule has 0 aromatic carbocycles. The Kier molecular flexibility index (Phi) is 4.63. The van der Waals surface area contributed by atoms with Gasteiger partial charge in [0.1, 0.15) is 0 Å². The van der Waals surface area contributed by atoms with Gasteiger partial charge < -0.3 is 20.4 Å². The highest BCUT2D eigenvalue weighted by Crippen LogP contribution is 2.21. The molecule has 0 radical (unpaired) electrons. The number of aromatic amines is 1. The first-order valence-corrected chi connectivity index (χ1v) is 8.16. The minimum absolute atomic E-state index is 0.0751. The van der Waals surface area contributed by atoms with Crippen molar-refractivity contribution in [3.63, 3.8) is 0 Å². The maximum atomic E-state index is 11.9. The lowest BCUT2D eigenvalue weighted by molar-refractivity contribution is -0.0111. The topological polar surface area (TPSA) is 79.0 Å². The van der Waals surface area contributed by atoms with Crippen molar-refractivity contribution in [2.45, 2.75) is 45.4 Å². The summed E-state index contributed by atoms with van der Waals surface area (Å²) in [5.41, 5.74) is 1.39. The van der Waals surface area contributed by atoms with Crippen LogP contribution in [0.4, 0.5) is 5.82 Å². The highest BCUT2D eigenvalue weighted by Gasteiger charge is 2.27. The van der Waals surface area contributed by atoms with Crippen molar-refractivity contribution in [3.8, 4) is 0 Å². The number of piperidine rings is 1. The molecule has 0 saturated carbocycles. The molecule has 0 bridgehead atoms. The second-order valence-corrected chi connectivity index (χ2v) is 6.37. The largest absolute Gasteiger partial charge is 0.372 e. The van der Waals surface area contributed by atoms with Gasteiger partial charge in [0.15, 0.2) is 5.82 Å². The molecular formula is C17H24N4O2. The first-order chi connectivity index (χ1) is 11.0. The van der Waals surface area contributed by atoms with Gasteiger partial charge in [-0.25, -0.2) is 4.98 Å². The Bertz CT molecular complexity index is 741. The molecule has 1 fully saturated rings. The van der Waals surface area contributed by atoms with Crippen LogP contribution >= 0.6 is 0 Å². The Morgan fingerprint density at radius 3 is 3.04 bits per heavy atom. The SMILES string of the molecule is Cc1cc2ccnc(N[C@@H]3CCNC[C@H]3OC(C)C)c2[nH]c1=O. The monoisotopic (exact) mass is 316 g/mol. The summed E-state index contributed by atoms with van der Waals surface area (Å²) in [5, 5.41) is 7.83. The van der Waals surface area contributed by atoms with Crippen molar-refractivity contribution < 1.29 is 4.74 Å². The number of aryl methyl sites for hydroxylation is 1. The van der Waals surface area contributed by atoms with Gasteiger partial charge in [-0.3, -0.25) is 4.79 Å². The predicted molar refractivity (Wildman–Crippen MR) is 92.0 cm³/mol. The van der Waals surface area contributed by atoms with E-state index in [1.807, 2.05) is 32.9 Å². The third-order valence-corrected chi connectivity index (χ3v) is 4.15. The van der Waals surface area contributed by atoms with Crippen LogP contribution in [0, 0.1) is 6.92 Å². The number of aromatic nitrogens is 2. The van der Waals surface area contributed by atoms with Crippen LogP contribution in [0.5, 0.6) is 0 Å². The number of H-pyrrole nitrogens is 1. The number of hydrogen-bond acceptors (Lipinski definition) is 5. The number of nitrogens with zero attached hydrogens (tertiary/aromatic N) is 1. The van der Waals surface area contributed by atoms with Gasteiger partial charge in [-0.05, 0) is 45.9 Å². The van der Waals surface area contributed by atoms with Gasteiger partial charge in [0.25, 0.3) is 5.56 Å². The molecule has 0 aliphatic carbocycles. The van der Waals surface area contributed by atoms with Crippen molar-refractivity contribution >= 4 is 16.7 Å². The van der Waals surface area contributed by atoms with E-state index in [-0.39, 0.29) is 23.8 Å². The van der Waals surface area contributed by atoms with Crippen LogP contribution in [0.3, 0.4) is 0 Å². The summed E-state index contributed by atoms with van der Waals surface area (Å²) in [6, 6.07) is 3.97. The average molecular weight is 316 g/mol. The highest BCUT2D eigenvalue weighted by molar-refractivity contribution is 5.88. The van der Waals surface area contributed by atoms with Crippen molar-refractivity contribution in [2.24, 2.45) is 0 Å². The lowest BCUT2D eigenvalue weighted by atomic mass is 10.0. The highest BCUT2D eigenvalue weighted by atomic mass is 16.5. The molecule has 0 spiro atoms. The minimum Gasteiger partial charge on any atom is -0.372 e. The quantitative estimate of drug-likeness (QED) is 0.801. The first-order valence-electron chi connectivity index (χ1n) is 8.16. The van der Waals surface area contributed by atoms with E-state index in [4.69, 9.17) is 4.74 Å². The molecule has 6 nitrogen and oxygen atoms in total. The summed E-state index contributed by atoms with van der Waals surface area (Å²) in [6.07, 6.45) is 2.97. The summed E-state index contributed by atoms with van der Waals surface area (Å²) in [5.74, 6) is 0.712. The fourth-order valence-electron chi connectivity index (χ4n) is 3.01. The molecule has 6 heteroatoms. The van der Waals surface area contributed by atoms with E-state index in [0.717, 1.165) is 30.4 Å². The van der Waals surface area contributed by atoms with Crippen LogP contribution < -0.4 is 16.2 Å². The molecule has 0 unspecified atom stereocenters. The fourth-order valence-corrected chi connectivity index (χ4v) is 3.01. The van der Waals surface area contributed by atoms with Crippen LogP contribution in [0.2, 0.25) is 0 Å². The zero-order valence-corrected chi connectivity index (χ0v) is 13.8. The fraction of sp³-hybridized carbons (Fsp3) is 0.529. The van der Waals surface area contributed by atoms with Gasteiger partial charge in [-0.2, -0.15) is 0 Å². The maximum Gasteiger partial charge on any atom is 0.251 e. The molecule has 124 valence electrons. The number of hydrogen-bond donors (Lipinski definition) is 3. The van der Waals surface area contributed by atoms with E-state index in [0.29, 0.717) is 11.4 Å². The second kappa shape index (κ2) is 6.68. The number of anilines is 1. The Balaban J connectivity index is 1.90. The number of nitrogens with one attached hydrogen (secondary N) is 3. The van der Waals surface area contributed by atoms with Gasteiger partial charge in [-0.1, -0.05) is 0 Å². The molecular weight excluding hydrogens is 292 g/mol. The van der Waals surface area contributed by atoms with E-state index in [1.165, 1.54) is 0 Å². The van der Waals surface area contributed by atoms with E-state index >= 15 is 0 Å². The van der Waals surface area contributed by atoms with E-state index < -0.39 is 0 Å². The first kappa shape index (κ1) is 16.0. The van der Waals surface area contributed by atoms with Crippen molar-refractivity contribution in [2.75, 3.05) is 18.4 Å². The van der Waals surface area contributed by atoms with Crippen molar-refractivity contribution in [1.82, 2.24) is 15.3 Å². The summed E-state index contributed by atoms with van der Waals surface area (Å²) in [7, 11) is 0. The Morgan fingerprint density at radius 2 is 2.26 bits per heavy atom. The molecule has 1 saturated heterocycles. The lowest BCUT2D eigenvalue weighted by Crippen LogP contribution is -2.50. The van der Waals surface area contributed by atoms with Gasteiger partial charge in [0, 0.05) is 23.7 Å². The predicted octanol–water partition coefficient (Wildman–Crippen LogP) is 1.80. The average Bonchev–Trinajstić information content (AvgIpc) is 2.50. The Labute approximate surface area is 135 Å². The Morgan fingerprint density at radius 1 is 1.43 bits per heavy atom. The second-order valence-electron chi connectivity index (χ2n) is 6.37. The van der Waals surface area contributed by atoms with Crippen LogP contribution in [-0.2, 0) is 4.74 Å². The van der Waals surface area contributed by atoms with Gasteiger partial charge in [0.2, 0.25) is 0 Å². The normalized spacial score (nSPS) is 21.7. The van der Waals surface area contributed by atoms with E-state index in [2.05, 4.69) is 20.6 Å². The van der Waals surface area contributed by atoms with Crippen molar-refractivity contribution in [1.29, 1.82) is 0 Å². The van der Waals surface area contributed by atoms with Crippen LogP contribution in [0.25, 0.3) is 10.9 Å². The molecule has 3 N–H and O–H groups in total. The molecule has 2 aromatic heterocycles. The molecule has 2 atom stereocenters. The number of rotatable bonds is 4. The smallest absolute Gasteiger partial charge is 0.251 e.